The SMILES string of the molecule is CC.Cc1c(F)ccc(NSc2ccc(F)c(F)c2)c1F. The molecule has 0 heterocycles. The van der Waals surface area contributed by atoms with Crippen LogP contribution in [-0.2, 0) is 0 Å². The van der Waals surface area contributed by atoms with Crippen molar-refractivity contribution in [2.45, 2.75) is 25.7 Å². The number of benzene rings is 2. The summed E-state index contributed by atoms with van der Waals surface area (Å²) >= 11 is 0.906. The highest BCUT2D eigenvalue weighted by Crippen LogP contribution is 2.26. The van der Waals surface area contributed by atoms with E-state index in [1.54, 1.807) is 0 Å². The van der Waals surface area contributed by atoms with Gasteiger partial charge in [0.15, 0.2) is 17.5 Å². The molecule has 0 unspecified atom stereocenters. The van der Waals surface area contributed by atoms with Gasteiger partial charge in [0, 0.05) is 10.5 Å². The summed E-state index contributed by atoms with van der Waals surface area (Å²) in [6.45, 7) is 5.32. The molecule has 0 spiro atoms. The third-order valence-electron chi connectivity index (χ3n) is 2.49. The highest BCUT2D eigenvalue weighted by atomic mass is 32.2. The molecule has 0 bridgehead atoms. The van der Waals surface area contributed by atoms with Crippen LogP contribution in [0.15, 0.2) is 35.2 Å². The predicted octanol–water partition coefficient (Wildman–Crippen LogP) is 5.70. The molecule has 114 valence electrons. The summed E-state index contributed by atoms with van der Waals surface area (Å²) in [5, 5.41) is 0. The Kier molecular flexibility index (Phi) is 6.55. The lowest BCUT2D eigenvalue weighted by Crippen LogP contribution is -1.96. The molecule has 0 radical (unpaired) electrons. The minimum atomic E-state index is -0.984. The highest BCUT2D eigenvalue weighted by molar-refractivity contribution is 8.00. The van der Waals surface area contributed by atoms with Crippen molar-refractivity contribution in [3.8, 4) is 0 Å². The molecule has 6 heteroatoms. The number of hydrogen-bond donors (Lipinski definition) is 1. The molecule has 0 aliphatic carbocycles. The van der Waals surface area contributed by atoms with Gasteiger partial charge in [0.2, 0.25) is 0 Å². The van der Waals surface area contributed by atoms with E-state index >= 15 is 0 Å². The summed E-state index contributed by atoms with van der Waals surface area (Å²) in [7, 11) is 0. The lowest BCUT2D eigenvalue weighted by molar-refractivity contribution is 0.506. The van der Waals surface area contributed by atoms with Crippen LogP contribution >= 0.6 is 11.9 Å². The standard InChI is InChI=1S/C13H9F4NS.C2H6/c1-7-9(14)4-5-12(13(7)17)18-19-8-2-3-10(15)11(16)6-8;1-2/h2-6,18H,1H3;1-2H3. The summed E-state index contributed by atoms with van der Waals surface area (Å²) < 4.78 is 55.0. The molecular weight excluding hydrogens is 302 g/mol. The third kappa shape index (κ3) is 4.39. The molecule has 0 amide bonds. The topological polar surface area (TPSA) is 12.0 Å². The van der Waals surface area contributed by atoms with Crippen molar-refractivity contribution in [2.75, 3.05) is 4.72 Å². The van der Waals surface area contributed by atoms with Crippen LogP contribution in [-0.4, -0.2) is 0 Å². The highest BCUT2D eigenvalue weighted by Gasteiger charge is 2.10. The molecule has 0 saturated carbocycles. The van der Waals surface area contributed by atoms with Gasteiger partial charge in [0.05, 0.1) is 5.69 Å². The van der Waals surface area contributed by atoms with Crippen LogP contribution in [0.25, 0.3) is 0 Å². The summed E-state index contributed by atoms with van der Waals surface area (Å²) in [5.41, 5.74) is -0.0236. The Hall–Kier alpha value is -1.69. The van der Waals surface area contributed by atoms with Crippen molar-refractivity contribution in [3.63, 3.8) is 0 Å². The number of nitrogens with one attached hydrogen (secondary N) is 1. The van der Waals surface area contributed by atoms with Crippen molar-refractivity contribution >= 4 is 17.6 Å². The van der Waals surface area contributed by atoms with Gasteiger partial charge in [0.1, 0.15) is 5.82 Å². The lowest BCUT2D eigenvalue weighted by atomic mass is 10.2. The molecule has 2 aromatic rings. The van der Waals surface area contributed by atoms with Crippen molar-refractivity contribution in [2.24, 2.45) is 0 Å². The summed E-state index contributed by atoms with van der Waals surface area (Å²) in [6, 6.07) is 5.69. The van der Waals surface area contributed by atoms with E-state index in [1.807, 2.05) is 13.8 Å². The third-order valence-corrected chi connectivity index (χ3v) is 3.30. The quantitative estimate of drug-likeness (QED) is 0.576. The first-order valence-electron chi connectivity index (χ1n) is 6.31. The molecule has 0 aromatic heterocycles. The Morgan fingerprint density at radius 1 is 0.857 bits per heavy atom. The van der Waals surface area contributed by atoms with Crippen LogP contribution < -0.4 is 4.72 Å². The van der Waals surface area contributed by atoms with Gasteiger partial charge < -0.3 is 4.72 Å². The van der Waals surface area contributed by atoms with E-state index in [0.717, 1.165) is 30.1 Å². The number of rotatable bonds is 3. The fourth-order valence-electron chi connectivity index (χ4n) is 1.39. The van der Waals surface area contributed by atoms with E-state index in [2.05, 4.69) is 4.72 Å². The van der Waals surface area contributed by atoms with Crippen LogP contribution in [0.1, 0.15) is 19.4 Å². The van der Waals surface area contributed by atoms with Gasteiger partial charge in [-0.05, 0) is 49.2 Å². The van der Waals surface area contributed by atoms with Gasteiger partial charge in [-0.15, -0.1) is 0 Å². The van der Waals surface area contributed by atoms with Crippen LogP contribution in [0.5, 0.6) is 0 Å². The molecular formula is C15H15F4NS. The van der Waals surface area contributed by atoms with Gasteiger partial charge in [-0.3, -0.25) is 0 Å². The minimum Gasteiger partial charge on any atom is -0.323 e. The normalized spacial score (nSPS) is 9.86. The van der Waals surface area contributed by atoms with Gasteiger partial charge in [-0.2, -0.15) is 0 Å². The van der Waals surface area contributed by atoms with E-state index in [-0.39, 0.29) is 11.3 Å². The number of hydrogen-bond acceptors (Lipinski definition) is 2. The first kappa shape index (κ1) is 17.4. The summed E-state index contributed by atoms with van der Waals surface area (Å²) in [4.78, 5) is 0.375. The molecule has 0 atom stereocenters. The Balaban J connectivity index is 0.00000106. The average molecular weight is 317 g/mol. The molecule has 2 rings (SSSR count). The Morgan fingerprint density at radius 3 is 2.10 bits per heavy atom. The largest absolute Gasteiger partial charge is 0.323 e. The summed E-state index contributed by atoms with van der Waals surface area (Å²) in [5.74, 6) is -3.29. The zero-order valence-electron chi connectivity index (χ0n) is 11.8. The summed E-state index contributed by atoms with van der Waals surface area (Å²) in [6.07, 6.45) is 0. The molecule has 2 aromatic carbocycles. The lowest BCUT2D eigenvalue weighted by Gasteiger charge is -2.09. The van der Waals surface area contributed by atoms with Gasteiger partial charge in [-0.1, -0.05) is 13.8 Å². The molecule has 0 aliphatic rings. The zero-order valence-corrected chi connectivity index (χ0v) is 12.6. The van der Waals surface area contributed by atoms with Crippen molar-refractivity contribution in [1.82, 2.24) is 0 Å². The van der Waals surface area contributed by atoms with Crippen molar-refractivity contribution in [3.05, 3.63) is 59.2 Å². The zero-order chi connectivity index (χ0) is 16.0. The van der Waals surface area contributed by atoms with E-state index in [9.17, 15) is 17.6 Å². The fraction of sp³-hybridized carbons (Fsp3) is 0.200. The van der Waals surface area contributed by atoms with E-state index in [1.165, 1.54) is 19.1 Å². The Morgan fingerprint density at radius 2 is 1.48 bits per heavy atom. The molecule has 21 heavy (non-hydrogen) atoms. The van der Waals surface area contributed by atoms with Crippen LogP contribution in [0.2, 0.25) is 0 Å². The molecule has 1 nitrogen and oxygen atoms in total. The van der Waals surface area contributed by atoms with Crippen LogP contribution in [0.3, 0.4) is 0 Å². The predicted molar refractivity (Wildman–Crippen MR) is 78.3 cm³/mol. The fourth-order valence-corrected chi connectivity index (χ4v) is 2.08. The second-order valence-electron chi connectivity index (χ2n) is 3.81. The van der Waals surface area contributed by atoms with Crippen molar-refractivity contribution in [1.29, 1.82) is 0 Å². The first-order chi connectivity index (χ1) is 9.99. The van der Waals surface area contributed by atoms with Crippen molar-refractivity contribution < 1.29 is 17.6 Å². The second kappa shape index (κ2) is 7.93. The van der Waals surface area contributed by atoms with Crippen LogP contribution in [0.4, 0.5) is 23.2 Å². The monoisotopic (exact) mass is 317 g/mol. The minimum absolute atomic E-state index is 0.0774. The Bertz CT molecular complexity index is 617. The maximum Gasteiger partial charge on any atom is 0.160 e. The van der Waals surface area contributed by atoms with E-state index < -0.39 is 23.3 Å². The molecule has 0 aliphatic heterocycles. The van der Waals surface area contributed by atoms with E-state index in [0.29, 0.717) is 4.90 Å². The van der Waals surface area contributed by atoms with Crippen LogP contribution in [0, 0.1) is 30.2 Å². The van der Waals surface area contributed by atoms with Gasteiger partial charge in [-0.25, -0.2) is 17.6 Å². The maximum atomic E-state index is 13.7. The number of anilines is 1. The number of halogens is 4. The second-order valence-corrected chi connectivity index (χ2v) is 4.69. The Labute approximate surface area is 125 Å². The average Bonchev–Trinajstić information content (AvgIpc) is 2.49. The van der Waals surface area contributed by atoms with Gasteiger partial charge in [0.25, 0.3) is 0 Å². The van der Waals surface area contributed by atoms with E-state index in [4.69, 9.17) is 0 Å². The maximum absolute atomic E-state index is 13.7. The first-order valence-corrected chi connectivity index (χ1v) is 7.13. The van der Waals surface area contributed by atoms with Gasteiger partial charge >= 0.3 is 0 Å². The molecule has 1 N–H and O–H groups in total. The smallest absolute Gasteiger partial charge is 0.160 e. The molecule has 0 fully saturated rings. The molecule has 0 saturated heterocycles.